The summed E-state index contributed by atoms with van der Waals surface area (Å²) in [5.74, 6) is 0.157. The van der Waals surface area contributed by atoms with Crippen LogP contribution in [0, 0.1) is 10.5 Å². The van der Waals surface area contributed by atoms with Gasteiger partial charge >= 0.3 is 0 Å². The number of piperazine rings is 1. The van der Waals surface area contributed by atoms with Crippen molar-refractivity contribution in [3.63, 3.8) is 0 Å². The Morgan fingerprint density at radius 3 is 2.56 bits per heavy atom. The number of aryl methyl sites for hydroxylation is 1. The van der Waals surface area contributed by atoms with Crippen LogP contribution in [0.5, 0.6) is 0 Å². The Morgan fingerprint density at radius 2 is 1.94 bits per heavy atom. The summed E-state index contributed by atoms with van der Waals surface area (Å²) in [5, 5.41) is 3.35. The molecule has 1 aliphatic rings. The van der Waals surface area contributed by atoms with Crippen LogP contribution in [0.1, 0.15) is 29.8 Å². The Labute approximate surface area is 122 Å². The molecule has 18 heavy (non-hydrogen) atoms. The van der Waals surface area contributed by atoms with Gasteiger partial charge in [0.15, 0.2) is 0 Å². The molecule has 3 nitrogen and oxygen atoms in total. The van der Waals surface area contributed by atoms with Gasteiger partial charge in [-0.15, -0.1) is 0 Å². The molecule has 1 aromatic carbocycles. The van der Waals surface area contributed by atoms with Crippen LogP contribution in [0.3, 0.4) is 0 Å². The maximum Gasteiger partial charge on any atom is 0.255 e. The average Bonchev–Trinajstić information content (AvgIpc) is 2.32. The predicted octanol–water partition coefficient (Wildman–Crippen LogP) is 2.42. The molecule has 2 unspecified atom stereocenters. The molecule has 98 valence electrons. The summed E-state index contributed by atoms with van der Waals surface area (Å²) in [6.07, 6.45) is 0. The number of carbonyl (C=O) groups is 1. The van der Waals surface area contributed by atoms with E-state index in [0.29, 0.717) is 0 Å². The summed E-state index contributed by atoms with van der Waals surface area (Å²) in [5.41, 5.74) is 1.99. The minimum atomic E-state index is 0.157. The summed E-state index contributed by atoms with van der Waals surface area (Å²) in [4.78, 5) is 14.7. The van der Waals surface area contributed by atoms with E-state index in [0.717, 1.165) is 27.8 Å². The molecule has 0 bridgehead atoms. The van der Waals surface area contributed by atoms with Crippen LogP contribution < -0.4 is 5.32 Å². The fourth-order valence-electron chi connectivity index (χ4n) is 2.48. The molecule has 0 saturated carbocycles. The zero-order valence-corrected chi connectivity index (χ0v) is 13.2. The molecule has 1 amide bonds. The van der Waals surface area contributed by atoms with Crippen molar-refractivity contribution in [1.29, 1.82) is 0 Å². The van der Waals surface area contributed by atoms with E-state index in [1.807, 2.05) is 30.0 Å². The lowest BCUT2D eigenvalue weighted by Crippen LogP contribution is -2.57. The molecule has 4 heteroatoms. The molecule has 2 atom stereocenters. The molecule has 1 aliphatic heterocycles. The van der Waals surface area contributed by atoms with Gasteiger partial charge in [-0.2, -0.15) is 0 Å². The summed E-state index contributed by atoms with van der Waals surface area (Å²) < 4.78 is 1.07. The fraction of sp³-hybridized carbons (Fsp3) is 0.500. The van der Waals surface area contributed by atoms with Gasteiger partial charge < -0.3 is 10.2 Å². The van der Waals surface area contributed by atoms with Crippen LogP contribution in [-0.2, 0) is 0 Å². The van der Waals surface area contributed by atoms with E-state index >= 15 is 0 Å². The molecule has 1 saturated heterocycles. The lowest BCUT2D eigenvalue weighted by molar-refractivity contribution is 0.0543. The molecule has 0 aliphatic carbocycles. The Kier molecular flexibility index (Phi) is 4.27. The van der Waals surface area contributed by atoms with E-state index in [9.17, 15) is 4.79 Å². The maximum atomic E-state index is 12.7. The third-order valence-electron chi connectivity index (χ3n) is 3.49. The number of nitrogens with one attached hydrogen (secondary N) is 1. The van der Waals surface area contributed by atoms with Crippen molar-refractivity contribution in [3.8, 4) is 0 Å². The van der Waals surface area contributed by atoms with E-state index in [2.05, 4.69) is 41.8 Å². The van der Waals surface area contributed by atoms with Crippen LogP contribution in [-0.4, -0.2) is 36.0 Å². The first kappa shape index (κ1) is 13.8. The van der Waals surface area contributed by atoms with Crippen molar-refractivity contribution in [1.82, 2.24) is 10.2 Å². The summed E-state index contributed by atoms with van der Waals surface area (Å²) in [6.45, 7) is 7.99. The molecule has 1 fully saturated rings. The monoisotopic (exact) mass is 358 g/mol. The second kappa shape index (κ2) is 5.57. The van der Waals surface area contributed by atoms with Gasteiger partial charge in [-0.25, -0.2) is 0 Å². The topological polar surface area (TPSA) is 32.3 Å². The number of halogens is 1. The standard InChI is InChI=1S/C14H19IN2O/c1-9-5-4-6-12(13(9)15)14(18)17-10(2)7-16-8-11(17)3/h4-6,10-11,16H,7-8H2,1-3H3. The molecule has 0 aromatic heterocycles. The highest BCUT2D eigenvalue weighted by atomic mass is 127. The minimum absolute atomic E-state index is 0.157. The lowest BCUT2D eigenvalue weighted by Gasteiger charge is -2.39. The largest absolute Gasteiger partial charge is 0.331 e. The van der Waals surface area contributed by atoms with Gasteiger partial charge in [0.1, 0.15) is 0 Å². The molecular weight excluding hydrogens is 339 g/mol. The van der Waals surface area contributed by atoms with Gasteiger partial charge in [0.2, 0.25) is 0 Å². The van der Waals surface area contributed by atoms with Crippen molar-refractivity contribution >= 4 is 28.5 Å². The Hall–Kier alpha value is -0.620. The molecule has 1 heterocycles. The number of hydrogen-bond acceptors (Lipinski definition) is 2. The summed E-state index contributed by atoms with van der Waals surface area (Å²) in [7, 11) is 0. The molecule has 1 aromatic rings. The second-order valence-corrected chi connectivity index (χ2v) is 6.08. The van der Waals surface area contributed by atoms with Crippen LogP contribution in [0.2, 0.25) is 0 Å². The van der Waals surface area contributed by atoms with Gasteiger partial charge in [0, 0.05) is 28.7 Å². The number of hydrogen-bond donors (Lipinski definition) is 1. The molecule has 1 N–H and O–H groups in total. The van der Waals surface area contributed by atoms with Crippen molar-refractivity contribution in [2.45, 2.75) is 32.9 Å². The Balaban J connectivity index is 2.32. The van der Waals surface area contributed by atoms with Crippen molar-refractivity contribution in [2.24, 2.45) is 0 Å². The number of amides is 1. The van der Waals surface area contributed by atoms with E-state index < -0.39 is 0 Å². The fourth-order valence-corrected chi connectivity index (χ4v) is 3.07. The van der Waals surface area contributed by atoms with E-state index in [1.54, 1.807) is 0 Å². The van der Waals surface area contributed by atoms with Crippen molar-refractivity contribution < 1.29 is 4.79 Å². The highest BCUT2D eigenvalue weighted by Crippen LogP contribution is 2.21. The van der Waals surface area contributed by atoms with Gasteiger partial charge in [-0.3, -0.25) is 4.79 Å². The van der Waals surface area contributed by atoms with Crippen LogP contribution in [0.25, 0.3) is 0 Å². The Morgan fingerprint density at radius 1 is 1.33 bits per heavy atom. The number of rotatable bonds is 1. The number of carbonyl (C=O) groups excluding carboxylic acids is 1. The Bertz CT molecular complexity index is 451. The van der Waals surface area contributed by atoms with Crippen LogP contribution in [0.15, 0.2) is 18.2 Å². The first-order valence-electron chi connectivity index (χ1n) is 6.31. The summed E-state index contributed by atoms with van der Waals surface area (Å²) in [6, 6.07) is 6.43. The zero-order chi connectivity index (χ0) is 13.3. The smallest absolute Gasteiger partial charge is 0.255 e. The molecule has 2 rings (SSSR count). The third-order valence-corrected chi connectivity index (χ3v) is 4.92. The van der Waals surface area contributed by atoms with Crippen LogP contribution >= 0.6 is 22.6 Å². The number of nitrogens with zero attached hydrogens (tertiary/aromatic N) is 1. The zero-order valence-electron chi connectivity index (χ0n) is 11.0. The van der Waals surface area contributed by atoms with Gasteiger partial charge in [0.05, 0.1) is 5.56 Å². The molecule has 0 radical (unpaired) electrons. The highest BCUT2D eigenvalue weighted by Gasteiger charge is 2.30. The first-order chi connectivity index (χ1) is 8.52. The third kappa shape index (κ3) is 2.54. The maximum absolute atomic E-state index is 12.7. The number of benzene rings is 1. The van der Waals surface area contributed by atoms with Crippen molar-refractivity contribution in [3.05, 3.63) is 32.9 Å². The van der Waals surface area contributed by atoms with E-state index in [-0.39, 0.29) is 18.0 Å². The highest BCUT2D eigenvalue weighted by molar-refractivity contribution is 14.1. The predicted molar refractivity (Wildman–Crippen MR) is 81.9 cm³/mol. The average molecular weight is 358 g/mol. The van der Waals surface area contributed by atoms with Gasteiger partial charge in [0.25, 0.3) is 5.91 Å². The van der Waals surface area contributed by atoms with Crippen LogP contribution in [0.4, 0.5) is 0 Å². The van der Waals surface area contributed by atoms with E-state index in [1.165, 1.54) is 0 Å². The second-order valence-electron chi connectivity index (χ2n) is 5.01. The normalized spacial score (nSPS) is 24.1. The summed E-state index contributed by atoms with van der Waals surface area (Å²) >= 11 is 2.27. The van der Waals surface area contributed by atoms with Crippen molar-refractivity contribution in [2.75, 3.05) is 13.1 Å². The van der Waals surface area contributed by atoms with Gasteiger partial charge in [-0.05, 0) is 55.0 Å². The molecular formula is C14H19IN2O. The molecule has 0 spiro atoms. The van der Waals surface area contributed by atoms with E-state index in [4.69, 9.17) is 0 Å². The SMILES string of the molecule is Cc1cccc(C(=O)N2C(C)CNCC2C)c1I. The minimum Gasteiger partial charge on any atom is -0.331 e. The first-order valence-corrected chi connectivity index (χ1v) is 7.38. The lowest BCUT2D eigenvalue weighted by atomic mass is 10.1. The van der Waals surface area contributed by atoms with Gasteiger partial charge in [-0.1, -0.05) is 12.1 Å². The quantitative estimate of drug-likeness (QED) is 0.783.